The van der Waals surface area contributed by atoms with Crippen molar-refractivity contribution in [1.29, 1.82) is 0 Å². The number of rotatable bonds is 6. The molecule has 0 radical (unpaired) electrons. The fourth-order valence-corrected chi connectivity index (χ4v) is 3.20. The average Bonchev–Trinajstić information content (AvgIpc) is 3.14. The summed E-state index contributed by atoms with van der Waals surface area (Å²) >= 11 is 1.62. The molecule has 1 aliphatic rings. The summed E-state index contributed by atoms with van der Waals surface area (Å²) in [6.45, 7) is 5.14. The van der Waals surface area contributed by atoms with Crippen molar-refractivity contribution in [3.8, 4) is 0 Å². The second-order valence-electron chi connectivity index (χ2n) is 5.81. The van der Waals surface area contributed by atoms with Gasteiger partial charge in [-0.1, -0.05) is 24.3 Å². The Kier molecular flexibility index (Phi) is 6.18. The molecule has 1 aliphatic heterocycles. The minimum atomic E-state index is -0.0707. The van der Waals surface area contributed by atoms with E-state index in [1.165, 1.54) is 5.56 Å². The van der Waals surface area contributed by atoms with E-state index in [1.54, 1.807) is 17.4 Å². The molecule has 1 N–H and O–H groups in total. The predicted octanol–water partition coefficient (Wildman–Crippen LogP) is 2.91. The van der Waals surface area contributed by atoms with Crippen molar-refractivity contribution in [1.82, 2.24) is 10.2 Å². The number of hydrogen-bond acceptors (Lipinski definition) is 4. The number of thiophene rings is 1. The Balaban J connectivity index is 1.44. The highest BCUT2D eigenvalue weighted by Gasteiger charge is 2.10. The van der Waals surface area contributed by atoms with Crippen molar-refractivity contribution in [2.75, 3.05) is 26.3 Å². The van der Waals surface area contributed by atoms with E-state index >= 15 is 0 Å². The van der Waals surface area contributed by atoms with Gasteiger partial charge in [0.15, 0.2) is 0 Å². The summed E-state index contributed by atoms with van der Waals surface area (Å²) in [6.07, 6.45) is 3.41. The summed E-state index contributed by atoms with van der Waals surface area (Å²) in [5.41, 5.74) is 3.46. The van der Waals surface area contributed by atoms with Crippen molar-refractivity contribution < 1.29 is 9.53 Å². The first kappa shape index (κ1) is 16.9. The molecular weight excluding hydrogens is 320 g/mol. The van der Waals surface area contributed by atoms with E-state index in [0.717, 1.165) is 44.0 Å². The molecular formula is C19H22N2O2S. The van der Waals surface area contributed by atoms with Gasteiger partial charge in [-0.15, -0.1) is 0 Å². The summed E-state index contributed by atoms with van der Waals surface area (Å²) in [7, 11) is 0. The lowest BCUT2D eigenvalue weighted by Crippen LogP contribution is -2.35. The SMILES string of the molecule is O=C(C=Cc1ccsc1)NCc1ccc(CN2CCOCC2)cc1. The number of nitrogens with one attached hydrogen (secondary N) is 1. The van der Waals surface area contributed by atoms with Crippen molar-refractivity contribution in [2.45, 2.75) is 13.1 Å². The highest BCUT2D eigenvalue weighted by Crippen LogP contribution is 2.10. The Bertz CT molecular complexity index is 659. The summed E-state index contributed by atoms with van der Waals surface area (Å²) < 4.78 is 5.37. The number of nitrogens with zero attached hydrogens (tertiary/aromatic N) is 1. The van der Waals surface area contributed by atoms with Crippen LogP contribution in [0.25, 0.3) is 6.08 Å². The minimum absolute atomic E-state index is 0.0707. The van der Waals surface area contributed by atoms with Crippen LogP contribution in [-0.4, -0.2) is 37.1 Å². The maximum Gasteiger partial charge on any atom is 0.244 e. The number of benzene rings is 1. The van der Waals surface area contributed by atoms with E-state index in [-0.39, 0.29) is 5.91 Å². The normalized spacial score (nSPS) is 15.7. The second-order valence-corrected chi connectivity index (χ2v) is 6.59. The Hall–Kier alpha value is -1.95. The molecule has 3 rings (SSSR count). The Morgan fingerprint density at radius 2 is 1.92 bits per heavy atom. The van der Waals surface area contributed by atoms with Crippen LogP contribution >= 0.6 is 11.3 Å². The van der Waals surface area contributed by atoms with Gasteiger partial charge in [0.1, 0.15) is 0 Å². The zero-order valence-electron chi connectivity index (χ0n) is 13.6. The molecule has 0 atom stereocenters. The number of amides is 1. The van der Waals surface area contributed by atoms with Crippen molar-refractivity contribution in [3.05, 3.63) is 63.9 Å². The third-order valence-corrected chi connectivity index (χ3v) is 4.67. The molecule has 0 saturated carbocycles. The van der Waals surface area contributed by atoms with E-state index in [4.69, 9.17) is 4.74 Å². The second kappa shape index (κ2) is 8.78. The lowest BCUT2D eigenvalue weighted by molar-refractivity contribution is -0.116. The van der Waals surface area contributed by atoms with Gasteiger partial charge >= 0.3 is 0 Å². The van der Waals surface area contributed by atoms with E-state index in [9.17, 15) is 4.79 Å². The third kappa shape index (κ3) is 5.30. The highest BCUT2D eigenvalue weighted by atomic mass is 32.1. The molecule has 126 valence electrons. The van der Waals surface area contributed by atoms with Crippen LogP contribution in [0.3, 0.4) is 0 Å². The van der Waals surface area contributed by atoms with Gasteiger partial charge in [0.25, 0.3) is 0 Å². The predicted molar refractivity (Wildman–Crippen MR) is 97.7 cm³/mol. The maximum absolute atomic E-state index is 11.8. The molecule has 0 aliphatic carbocycles. The summed E-state index contributed by atoms with van der Waals surface area (Å²) in [5, 5.41) is 6.92. The van der Waals surface area contributed by atoms with Gasteiger partial charge in [-0.3, -0.25) is 9.69 Å². The molecule has 24 heavy (non-hydrogen) atoms. The summed E-state index contributed by atoms with van der Waals surface area (Å²) in [6, 6.07) is 10.4. The van der Waals surface area contributed by atoms with Gasteiger partial charge in [0, 0.05) is 32.3 Å². The number of carbonyl (C=O) groups excluding carboxylic acids is 1. The first-order valence-corrected chi connectivity index (χ1v) is 9.10. The van der Waals surface area contributed by atoms with Crippen LogP contribution in [0.2, 0.25) is 0 Å². The first-order valence-electron chi connectivity index (χ1n) is 8.15. The van der Waals surface area contributed by atoms with Gasteiger partial charge in [0.05, 0.1) is 13.2 Å². The van der Waals surface area contributed by atoms with Crippen LogP contribution in [0, 0.1) is 0 Å². The molecule has 4 nitrogen and oxygen atoms in total. The Morgan fingerprint density at radius 1 is 1.17 bits per heavy atom. The van der Waals surface area contributed by atoms with Crippen LogP contribution in [0.5, 0.6) is 0 Å². The van der Waals surface area contributed by atoms with Gasteiger partial charge in [0.2, 0.25) is 5.91 Å². The summed E-state index contributed by atoms with van der Waals surface area (Å²) in [5.74, 6) is -0.0707. The number of hydrogen-bond donors (Lipinski definition) is 1. The van der Waals surface area contributed by atoms with Gasteiger partial charge in [-0.25, -0.2) is 0 Å². The molecule has 1 amide bonds. The van der Waals surface area contributed by atoms with Crippen LogP contribution in [0.4, 0.5) is 0 Å². The van der Waals surface area contributed by atoms with Gasteiger partial charge < -0.3 is 10.1 Å². The van der Waals surface area contributed by atoms with Gasteiger partial charge in [-0.05, 0) is 39.6 Å². The fraction of sp³-hybridized carbons (Fsp3) is 0.316. The molecule has 1 fully saturated rings. The van der Waals surface area contributed by atoms with E-state index < -0.39 is 0 Å². The van der Waals surface area contributed by atoms with E-state index in [1.807, 2.05) is 22.9 Å². The topological polar surface area (TPSA) is 41.6 Å². The van der Waals surface area contributed by atoms with Crippen molar-refractivity contribution >= 4 is 23.3 Å². The van der Waals surface area contributed by atoms with E-state index in [0.29, 0.717) is 6.54 Å². The summed E-state index contributed by atoms with van der Waals surface area (Å²) in [4.78, 5) is 14.2. The van der Waals surface area contributed by atoms with Crippen LogP contribution in [0.1, 0.15) is 16.7 Å². The smallest absolute Gasteiger partial charge is 0.244 e. The number of morpholine rings is 1. The highest BCUT2D eigenvalue weighted by molar-refractivity contribution is 7.08. The van der Waals surface area contributed by atoms with E-state index in [2.05, 4.69) is 34.5 Å². The van der Waals surface area contributed by atoms with Crippen LogP contribution in [-0.2, 0) is 22.6 Å². The zero-order chi connectivity index (χ0) is 16.6. The monoisotopic (exact) mass is 342 g/mol. The molecule has 0 unspecified atom stereocenters. The first-order chi connectivity index (χ1) is 11.8. The Labute approximate surface area is 146 Å². The molecule has 1 aromatic heterocycles. The number of carbonyl (C=O) groups is 1. The zero-order valence-corrected chi connectivity index (χ0v) is 14.4. The van der Waals surface area contributed by atoms with Crippen LogP contribution < -0.4 is 5.32 Å². The maximum atomic E-state index is 11.8. The fourth-order valence-electron chi connectivity index (χ4n) is 2.57. The van der Waals surface area contributed by atoms with Crippen molar-refractivity contribution in [2.24, 2.45) is 0 Å². The molecule has 0 spiro atoms. The largest absolute Gasteiger partial charge is 0.379 e. The lowest BCUT2D eigenvalue weighted by Gasteiger charge is -2.26. The average molecular weight is 342 g/mol. The molecule has 2 aromatic rings. The Morgan fingerprint density at radius 3 is 2.62 bits per heavy atom. The molecule has 5 heteroatoms. The standard InChI is InChI=1S/C19H22N2O2S/c22-19(6-5-18-7-12-24-15-18)20-13-16-1-3-17(4-2-16)14-21-8-10-23-11-9-21/h1-7,12,15H,8-11,13-14H2,(H,20,22). The molecule has 1 saturated heterocycles. The molecule has 2 heterocycles. The third-order valence-electron chi connectivity index (χ3n) is 3.97. The lowest BCUT2D eigenvalue weighted by atomic mass is 10.1. The van der Waals surface area contributed by atoms with Crippen LogP contribution in [0.15, 0.2) is 47.2 Å². The quantitative estimate of drug-likeness (QED) is 0.821. The van der Waals surface area contributed by atoms with Crippen molar-refractivity contribution in [3.63, 3.8) is 0 Å². The van der Waals surface area contributed by atoms with Gasteiger partial charge in [-0.2, -0.15) is 11.3 Å². The number of ether oxygens (including phenoxy) is 1. The molecule has 1 aromatic carbocycles. The molecule has 0 bridgehead atoms. The minimum Gasteiger partial charge on any atom is -0.379 e.